The molecule has 2 aliphatic heterocycles. The number of nitrogens with zero attached hydrogens (tertiary/aromatic N) is 3. The molecule has 98 valence electrons. The summed E-state index contributed by atoms with van der Waals surface area (Å²) in [5.74, 6) is 0.263. The van der Waals surface area contributed by atoms with Gasteiger partial charge in [-0.25, -0.2) is 4.68 Å². The lowest BCUT2D eigenvalue weighted by atomic mass is 9.89. The van der Waals surface area contributed by atoms with Gasteiger partial charge >= 0.3 is 0 Å². The normalized spacial score (nSPS) is 29.8. The zero-order chi connectivity index (χ0) is 12.7. The second kappa shape index (κ2) is 4.51. The minimum absolute atomic E-state index is 0.117. The van der Waals surface area contributed by atoms with Crippen LogP contribution in [0.5, 0.6) is 0 Å². The molecule has 1 aromatic rings. The second-order valence-corrected chi connectivity index (χ2v) is 5.25. The topological polar surface area (TPSA) is 69.0 Å². The quantitative estimate of drug-likeness (QED) is 0.881. The molecule has 0 radical (unpaired) electrons. The molecule has 7 heteroatoms. The van der Waals surface area contributed by atoms with Crippen LogP contribution in [0.2, 0.25) is 5.28 Å². The largest absolute Gasteiger partial charge is 0.375 e. The van der Waals surface area contributed by atoms with Gasteiger partial charge in [-0.15, -0.1) is 5.10 Å². The number of ether oxygens (including phenoxy) is 1. The number of carbonyl (C=O) groups is 1. The third kappa shape index (κ3) is 2.10. The fraction of sp³-hybridized carbons (Fsp3) is 0.727. The van der Waals surface area contributed by atoms with Gasteiger partial charge in [0, 0.05) is 19.5 Å². The lowest BCUT2D eigenvalue weighted by Gasteiger charge is -2.18. The summed E-state index contributed by atoms with van der Waals surface area (Å²) in [5.41, 5.74) is 0. The Kier molecular flexibility index (Phi) is 2.99. The van der Waals surface area contributed by atoms with E-state index in [2.05, 4.69) is 15.4 Å². The summed E-state index contributed by atoms with van der Waals surface area (Å²) in [7, 11) is 1.65. The SMILES string of the molecule is Cn1nc(C(=O)NC[C@@H]2C[C@@H]3CC[C@H]2O3)nc1Cl. The predicted octanol–water partition coefficient (Wildman–Crippen LogP) is 0.766. The van der Waals surface area contributed by atoms with Gasteiger partial charge in [0.1, 0.15) is 0 Å². The Morgan fingerprint density at radius 1 is 1.61 bits per heavy atom. The lowest BCUT2D eigenvalue weighted by Crippen LogP contribution is -2.34. The van der Waals surface area contributed by atoms with Crippen LogP contribution in [0.1, 0.15) is 29.9 Å². The van der Waals surface area contributed by atoms with Crippen LogP contribution in [-0.2, 0) is 11.8 Å². The minimum Gasteiger partial charge on any atom is -0.375 e. The minimum atomic E-state index is -0.278. The molecule has 2 fully saturated rings. The fourth-order valence-corrected chi connectivity index (χ4v) is 2.84. The second-order valence-electron chi connectivity index (χ2n) is 4.91. The van der Waals surface area contributed by atoms with E-state index in [4.69, 9.17) is 16.3 Å². The van der Waals surface area contributed by atoms with Crippen molar-refractivity contribution < 1.29 is 9.53 Å². The van der Waals surface area contributed by atoms with Crippen LogP contribution < -0.4 is 5.32 Å². The molecule has 2 bridgehead atoms. The molecule has 2 saturated heterocycles. The first-order valence-corrected chi connectivity index (χ1v) is 6.51. The molecule has 18 heavy (non-hydrogen) atoms. The van der Waals surface area contributed by atoms with Crippen LogP contribution >= 0.6 is 11.6 Å². The Balaban J connectivity index is 1.55. The Morgan fingerprint density at radius 2 is 2.44 bits per heavy atom. The number of aryl methyl sites for hydroxylation is 1. The van der Waals surface area contributed by atoms with Crippen LogP contribution in [-0.4, -0.2) is 39.4 Å². The Bertz CT molecular complexity index is 456. The van der Waals surface area contributed by atoms with E-state index in [1.165, 1.54) is 4.68 Å². The van der Waals surface area contributed by atoms with Crippen LogP contribution in [0, 0.1) is 5.92 Å². The molecular weight excluding hydrogens is 256 g/mol. The molecule has 6 nitrogen and oxygen atoms in total. The van der Waals surface area contributed by atoms with Crippen molar-refractivity contribution in [3.63, 3.8) is 0 Å². The van der Waals surface area contributed by atoms with Gasteiger partial charge in [0.25, 0.3) is 5.91 Å². The van der Waals surface area contributed by atoms with Crippen molar-refractivity contribution in [1.29, 1.82) is 0 Å². The van der Waals surface area contributed by atoms with Gasteiger partial charge in [0.15, 0.2) is 0 Å². The number of amides is 1. The molecule has 1 N–H and O–H groups in total. The Morgan fingerprint density at radius 3 is 3.00 bits per heavy atom. The van der Waals surface area contributed by atoms with E-state index in [9.17, 15) is 4.79 Å². The van der Waals surface area contributed by atoms with Crippen molar-refractivity contribution in [1.82, 2.24) is 20.1 Å². The van der Waals surface area contributed by atoms with E-state index in [1.807, 2.05) is 0 Å². The number of hydrogen-bond acceptors (Lipinski definition) is 4. The van der Waals surface area contributed by atoms with Crippen molar-refractivity contribution in [3.05, 3.63) is 11.1 Å². The molecule has 0 unspecified atom stereocenters. The number of hydrogen-bond donors (Lipinski definition) is 1. The number of carbonyl (C=O) groups excluding carboxylic acids is 1. The van der Waals surface area contributed by atoms with E-state index in [0.29, 0.717) is 24.7 Å². The lowest BCUT2D eigenvalue weighted by molar-refractivity contribution is 0.0868. The highest BCUT2D eigenvalue weighted by Gasteiger charge is 2.40. The summed E-state index contributed by atoms with van der Waals surface area (Å²) >= 11 is 5.74. The molecular formula is C11H15ClN4O2. The first-order valence-electron chi connectivity index (χ1n) is 6.13. The van der Waals surface area contributed by atoms with Crippen molar-refractivity contribution in [3.8, 4) is 0 Å². The third-order valence-corrected chi connectivity index (χ3v) is 4.00. The summed E-state index contributed by atoms with van der Waals surface area (Å²) in [6, 6.07) is 0. The highest BCUT2D eigenvalue weighted by molar-refractivity contribution is 6.28. The number of nitrogens with one attached hydrogen (secondary N) is 1. The zero-order valence-electron chi connectivity index (χ0n) is 10.1. The maximum atomic E-state index is 11.8. The first-order chi connectivity index (χ1) is 8.63. The van der Waals surface area contributed by atoms with Crippen LogP contribution in [0.3, 0.4) is 0 Å². The van der Waals surface area contributed by atoms with Crippen LogP contribution in [0.25, 0.3) is 0 Å². The Hall–Kier alpha value is -1.14. The molecule has 0 spiro atoms. The van der Waals surface area contributed by atoms with Crippen molar-refractivity contribution >= 4 is 17.5 Å². The van der Waals surface area contributed by atoms with Crippen molar-refractivity contribution in [2.45, 2.75) is 31.5 Å². The number of fused-ring (bicyclic) bond motifs is 2. The van der Waals surface area contributed by atoms with Gasteiger partial charge in [-0.05, 0) is 30.9 Å². The average Bonchev–Trinajstić information content (AvgIpc) is 3.03. The average molecular weight is 271 g/mol. The highest BCUT2D eigenvalue weighted by Crippen LogP contribution is 2.38. The molecule has 2 aliphatic rings. The summed E-state index contributed by atoms with van der Waals surface area (Å²) in [6.45, 7) is 0.621. The van der Waals surface area contributed by atoms with Gasteiger partial charge in [-0.1, -0.05) is 0 Å². The number of aromatic nitrogens is 3. The summed E-state index contributed by atoms with van der Waals surface area (Å²) in [5, 5.41) is 7.00. The Labute approximate surface area is 110 Å². The van der Waals surface area contributed by atoms with Crippen LogP contribution in [0.15, 0.2) is 0 Å². The van der Waals surface area contributed by atoms with Gasteiger partial charge in [0.2, 0.25) is 11.1 Å². The summed E-state index contributed by atoms with van der Waals surface area (Å²) in [6.07, 6.45) is 4.03. The molecule has 3 rings (SSSR count). The van der Waals surface area contributed by atoms with Gasteiger partial charge < -0.3 is 10.1 Å². The smallest absolute Gasteiger partial charge is 0.291 e. The highest BCUT2D eigenvalue weighted by atomic mass is 35.5. The van der Waals surface area contributed by atoms with Gasteiger partial charge in [0.05, 0.1) is 12.2 Å². The molecule has 0 saturated carbocycles. The number of rotatable bonds is 3. The predicted molar refractivity (Wildman–Crippen MR) is 64.3 cm³/mol. The standard InChI is InChI=1S/C11H15ClN4O2/c1-16-11(12)14-9(15-16)10(17)13-5-6-4-7-2-3-8(6)18-7/h6-8H,2-5H2,1H3,(H,13,17)/t6-,7-,8+/m0/s1. The van der Waals surface area contributed by atoms with E-state index >= 15 is 0 Å². The monoisotopic (exact) mass is 270 g/mol. The van der Waals surface area contributed by atoms with Gasteiger partial charge in [-0.3, -0.25) is 4.79 Å². The van der Waals surface area contributed by atoms with E-state index in [1.54, 1.807) is 7.05 Å². The van der Waals surface area contributed by atoms with Crippen molar-refractivity contribution in [2.75, 3.05) is 6.54 Å². The van der Waals surface area contributed by atoms with Crippen molar-refractivity contribution in [2.24, 2.45) is 13.0 Å². The maximum absolute atomic E-state index is 11.8. The van der Waals surface area contributed by atoms with Gasteiger partial charge in [-0.2, -0.15) is 4.98 Å². The maximum Gasteiger partial charge on any atom is 0.291 e. The first kappa shape index (κ1) is 11.9. The zero-order valence-corrected chi connectivity index (χ0v) is 10.9. The third-order valence-electron chi connectivity index (χ3n) is 3.67. The molecule has 0 aromatic carbocycles. The summed E-state index contributed by atoms with van der Waals surface area (Å²) < 4.78 is 7.11. The van der Waals surface area contributed by atoms with Crippen LogP contribution in [0.4, 0.5) is 0 Å². The molecule has 1 aromatic heterocycles. The van der Waals surface area contributed by atoms with E-state index in [0.717, 1.165) is 19.3 Å². The fourth-order valence-electron chi connectivity index (χ4n) is 2.72. The number of halogens is 1. The molecule has 0 aliphatic carbocycles. The van der Waals surface area contributed by atoms with E-state index < -0.39 is 0 Å². The summed E-state index contributed by atoms with van der Waals surface area (Å²) in [4.78, 5) is 15.7. The molecule has 3 atom stereocenters. The molecule has 1 amide bonds. The van der Waals surface area contributed by atoms with E-state index in [-0.39, 0.29) is 17.0 Å². The molecule has 3 heterocycles.